The highest BCUT2D eigenvalue weighted by molar-refractivity contribution is 6.31. The van der Waals surface area contributed by atoms with Crippen molar-refractivity contribution in [2.45, 2.75) is 39.2 Å². The van der Waals surface area contributed by atoms with Crippen LogP contribution < -0.4 is 14.8 Å². The zero-order valence-corrected chi connectivity index (χ0v) is 18.4. The maximum atomic E-state index is 12.7. The second kappa shape index (κ2) is 9.23. The van der Waals surface area contributed by atoms with Crippen LogP contribution in [0.3, 0.4) is 0 Å². The molecule has 3 rings (SSSR count). The van der Waals surface area contributed by atoms with Gasteiger partial charge in [-0.05, 0) is 60.4 Å². The van der Waals surface area contributed by atoms with Gasteiger partial charge in [-0.15, -0.1) is 0 Å². The maximum absolute atomic E-state index is 12.7. The van der Waals surface area contributed by atoms with Gasteiger partial charge in [0.15, 0.2) is 11.9 Å². The first-order valence-electron chi connectivity index (χ1n) is 9.83. The standard InChI is InChI=1S/C25H26ClNO3/c1-17(29-21-13-10-18(11-14-21)25(2,3)4)24(28)27-22-16-19(26)12-15-23(22)30-20-8-6-5-7-9-20/h5-17H,1-4H3,(H,27,28)/t17-/m1/s1. The van der Waals surface area contributed by atoms with Crippen LogP contribution >= 0.6 is 11.6 Å². The molecule has 0 saturated carbocycles. The third-order valence-corrected chi connectivity index (χ3v) is 4.81. The number of anilines is 1. The van der Waals surface area contributed by atoms with Gasteiger partial charge in [0.25, 0.3) is 5.91 Å². The number of halogens is 1. The van der Waals surface area contributed by atoms with E-state index < -0.39 is 6.10 Å². The highest BCUT2D eigenvalue weighted by atomic mass is 35.5. The van der Waals surface area contributed by atoms with E-state index in [-0.39, 0.29) is 11.3 Å². The molecule has 0 fully saturated rings. The summed E-state index contributed by atoms with van der Waals surface area (Å²) in [5.74, 6) is 1.51. The Morgan fingerprint density at radius 2 is 1.60 bits per heavy atom. The summed E-state index contributed by atoms with van der Waals surface area (Å²) in [6.07, 6.45) is -0.700. The number of amides is 1. The Morgan fingerprint density at radius 1 is 0.933 bits per heavy atom. The van der Waals surface area contributed by atoms with Gasteiger partial charge in [-0.3, -0.25) is 4.79 Å². The van der Waals surface area contributed by atoms with Gasteiger partial charge in [0, 0.05) is 5.02 Å². The number of rotatable bonds is 6. The van der Waals surface area contributed by atoms with Crippen LogP contribution in [-0.2, 0) is 10.2 Å². The first kappa shape index (κ1) is 21.7. The fourth-order valence-electron chi connectivity index (χ4n) is 2.83. The largest absolute Gasteiger partial charge is 0.481 e. The Balaban J connectivity index is 1.70. The molecule has 30 heavy (non-hydrogen) atoms. The van der Waals surface area contributed by atoms with Crippen molar-refractivity contribution in [2.24, 2.45) is 0 Å². The minimum Gasteiger partial charge on any atom is -0.481 e. The predicted octanol–water partition coefficient (Wildman–Crippen LogP) is 6.84. The highest BCUT2D eigenvalue weighted by Gasteiger charge is 2.18. The molecule has 0 unspecified atom stereocenters. The summed E-state index contributed by atoms with van der Waals surface area (Å²) in [5, 5.41) is 3.35. The van der Waals surface area contributed by atoms with E-state index in [4.69, 9.17) is 21.1 Å². The Bertz CT molecular complexity index is 995. The van der Waals surface area contributed by atoms with Gasteiger partial charge < -0.3 is 14.8 Å². The van der Waals surface area contributed by atoms with Crippen LogP contribution in [0.25, 0.3) is 0 Å². The summed E-state index contributed by atoms with van der Waals surface area (Å²) in [5.41, 5.74) is 1.74. The molecule has 0 aliphatic carbocycles. The van der Waals surface area contributed by atoms with E-state index in [0.29, 0.717) is 28.0 Å². The molecule has 4 nitrogen and oxygen atoms in total. The normalized spacial score (nSPS) is 12.2. The molecule has 0 aliphatic rings. The topological polar surface area (TPSA) is 47.6 Å². The number of ether oxygens (including phenoxy) is 2. The molecule has 1 amide bonds. The van der Waals surface area contributed by atoms with Gasteiger partial charge in [-0.2, -0.15) is 0 Å². The van der Waals surface area contributed by atoms with Crippen LogP contribution in [0.5, 0.6) is 17.2 Å². The van der Waals surface area contributed by atoms with Gasteiger partial charge >= 0.3 is 0 Å². The number of carbonyl (C=O) groups excluding carboxylic acids is 1. The molecule has 3 aromatic rings. The molecule has 0 aliphatic heterocycles. The van der Waals surface area contributed by atoms with E-state index in [1.807, 2.05) is 54.6 Å². The lowest BCUT2D eigenvalue weighted by molar-refractivity contribution is -0.122. The van der Waals surface area contributed by atoms with Crippen LogP contribution in [0.4, 0.5) is 5.69 Å². The Morgan fingerprint density at radius 3 is 2.23 bits per heavy atom. The lowest BCUT2D eigenvalue weighted by atomic mass is 9.87. The fourth-order valence-corrected chi connectivity index (χ4v) is 3.00. The number of hydrogen-bond acceptors (Lipinski definition) is 3. The van der Waals surface area contributed by atoms with Gasteiger partial charge in [-0.1, -0.05) is 62.7 Å². The van der Waals surface area contributed by atoms with E-state index >= 15 is 0 Å². The molecule has 0 heterocycles. The molecule has 5 heteroatoms. The monoisotopic (exact) mass is 423 g/mol. The van der Waals surface area contributed by atoms with Crippen LogP contribution in [0.15, 0.2) is 72.8 Å². The number of para-hydroxylation sites is 1. The summed E-state index contributed by atoms with van der Waals surface area (Å²) < 4.78 is 11.7. The Kier molecular flexibility index (Phi) is 6.68. The molecular formula is C25H26ClNO3. The van der Waals surface area contributed by atoms with Crippen molar-refractivity contribution in [2.75, 3.05) is 5.32 Å². The summed E-state index contributed by atoms with van der Waals surface area (Å²) in [6, 6.07) is 22.2. The third-order valence-electron chi connectivity index (χ3n) is 4.57. The second-order valence-corrected chi connectivity index (χ2v) is 8.52. The number of benzene rings is 3. The smallest absolute Gasteiger partial charge is 0.265 e. The zero-order chi connectivity index (χ0) is 21.7. The van der Waals surface area contributed by atoms with Crippen molar-refractivity contribution in [1.29, 1.82) is 0 Å². The van der Waals surface area contributed by atoms with Crippen molar-refractivity contribution in [1.82, 2.24) is 0 Å². The average molecular weight is 424 g/mol. The van der Waals surface area contributed by atoms with Crippen LogP contribution in [0, 0.1) is 0 Å². The van der Waals surface area contributed by atoms with Crippen LogP contribution in [-0.4, -0.2) is 12.0 Å². The molecule has 1 atom stereocenters. The molecule has 0 radical (unpaired) electrons. The number of carbonyl (C=O) groups is 1. The van der Waals surface area contributed by atoms with Gasteiger partial charge in [0.05, 0.1) is 5.69 Å². The highest BCUT2D eigenvalue weighted by Crippen LogP contribution is 2.32. The van der Waals surface area contributed by atoms with Crippen molar-refractivity contribution < 1.29 is 14.3 Å². The molecule has 0 bridgehead atoms. The van der Waals surface area contributed by atoms with E-state index in [2.05, 4.69) is 26.1 Å². The van der Waals surface area contributed by atoms with Crippen LogP contribution in [0.1, 0.15) is 33.3 Å². The van der Waals surface area contributed by atoms with E-state index in [1.54, 1.807) is 25.1 Å². The molecule has 0 saturated heterocycles. The lowest BCUT2D eigenvalue weighted by Crippen LogP contribution is -2.30. The molecule has 1 N–H and O–H groups in total. The Hall–Kier alpha value is -2.98. The molecule has 3 aromatic carbocycles. The summed E-state index contributed by atoms with van der Waals surface area (Å²) in [7, 11) is 0. The second-order valence-electron chi connectivity index (χ2n) is 8.08. The fraction of sp³-hybridized carbons (Fsp3) is 0.240. The molecule has 0 aromatic heterocycles. The average Bonchev–Trinajstić information content (AvgIpc) is 2.70. The van der Waals surface area contributed by atoms with E-state index in [9.17, 15) is 4.79 Å². The van der Waals surface area contributed by atoms with Gasteiger partial charge in [-0.25, -0.2) is 0 Å². The van der Waals surface area contributed by atoms with Gasteiger partial charge in [0.2, 0.25) is 0 Å². The minimum atomic E-state index is -0.700. The quantitative estimate of drug-likeness (QED) is 0.472. The number of hydrogen-bond donors (Lipinski definition) is 1. The van der Waals surface area contributed by atoms with E-state index in [0.717, 1.165) is 0 Å². The summed E-state index contributed by atoms with van der Waals surface area (Å²) >= 11 is 6.13. The predicted molar refractivity (Wildman–Crippen MR) is 122 cm³/mol. The first-order valence-corrected chi connectivity index (χ1v) is 10.2. The molecular weight excluding hydrogens is 398 g/mol. The Labute approximate surface area is 182 Å². The third kappa shape index (κ3) is 5.77. The minimum absolute atomic E-state index is 0.0588. The summed E-state index contributed by atoms with van der Waals surface area (Å²) in [6.45, 7) is 8.16. The van der Waals surface area contributed by atoms with Gasteiger partial charge in [0.1, 0.15) is 11.5 Å². The summed E-state index contributed by atoms with van der Waals surface area (Å²) in [4.78, 5) is 12.7. The van der Waals surface area contributed by atoms with Crippen molar-refractivity contribution in [3.8, 4) is 17.2 Å². The van der Waals surface area contributed by atoms with Crippen LogP contribution in [0.2, 0.25) is 5.02 Å². The SMILES string of the molecule is C[C@@H](Oc1ccc(C(C)(C)C)cc1)C(=O)Nc1cc(Cl)ccc1Oc1ccccc1. The van der Waals surface area contributed by atoms with Crippen molar-refractivity contribution >= 4 is 23.2 Å². The van der Waals surface area contributed by atoms with Crippen molar-refractivity contribution in [3.05, 3.63) is 83.4 Å². The zero-order valence-electron chi connectivity index (χ0n) is 17.6. The van der Waals surface area contributed by atoms with E-state index in [1.165, 1.54) is 5.56 Å². The first-order chi connectivity index (χ1) is 14.2. The molecule has 0 spiro atoms. The van der Waals surface area contributed by atoms with Crippen molar-refractivity contribution in [3.63, 3.8) is 0 Å². The lowest BCUT2D eigenvalue weighted by Gasteiger charge is -2.20. The maximum Gasteiger partial charge on any atom is 0.265 e. The molecule has 156 valence electrons. The number of nitrogens with one attached hydrogen (secondary N) is 1.